The van der Waals surface area contributed by atoms with E-state index < -0.39 is 21.7 Å². The first-order chi connectivity index (χ1) is 7.47. The Hall–Kier alpha value is -0.620. The SMILES string of the molecule is CCC1CCCCCN1S(=O)(=O)CC(=O)O. The van der Waals surface area contributed by atoms with Crippen LogP contribution in [0, 0.1) is 0 Å². The van der Waals surface area contributed by atoms with Crippen LogP contribution in [0.25, 0.3) is 0 Å². The summed E-state index contributed by atoms with van der Waals surface area (Å²) in [6.07, 6.45) is 4.47. The molecule has 6 heteroatoms. The highest BCUT2D eigenvalue weighted by atomic mass is 32.2. The van der Waals surface area contributed by atoms with Crippen LogP contribution in [-0.4, -0.2) is 42.1 Å². The summed E-state index contributed by atoms with van der Waals surface area (Å²) in [5.41, 5.74) is 0. The molecular weight excluding hydrogens is 230 g/mol. The van der Waals surface area contributed by atoms with E-state index in [4.69, 9.17) is 5.11 Å². The molecular formula is C10H19NO4S. The molecule has 0 spiro atoms. The van der Waals surface area contributed by atoms with Gasteiger partial charge in [-0.05, 0) is 19.3 Å². The van der Waals surface area contributed by atoms with Crippen molar-refractivity contribution < 1.29 is 18.3 Å². The van der Waals surface area contributed by atoms with Gasteiger partial charge in [-0.1, -0.05) is 19.8 Å². The van der Waals surface area contributed by atoms with Crippen molar-refractivity contribution in [2.75, 3.05) is 12.3 Å². The molecule has 1 rings (SSSR count). The predicted octanol–water partition coefficient (Wildman–Crippen LogP) is 1.06. The predicted molar refractivity (Wildman–Crippen MR) is 60.7 cm³/mol. The quantitative estimate of drug-likeness (QED) is 0.808. The molecule has 1 N–H and O–H groups in total. The van der Waals surface area contributed by atoms with Gasteiger partial charge in [-0.3, -0.25) is 4.79 Å². The topological polar surface area (TPSA) is 74.7 Å². The molecule has 1 saturated heterocycles. The van der Waals surface area contributed by atoms with Gasteiger partial charge in [0.05, 0.1) is 0 Å². The average molecular weight is 249 g/mol. The van der Waals surface area contributed by atoms with Crippen LogP contribution in [0.15, 0.2) is 0 Å². The van der Waals surface area contributed by atoms with Gasteiger partial charge in [-0.25, -0.2) is 8.42 Å². The van der Waals surface area contributed by atoms with E-state index in [-0.39, 0.29) is 6.04 Å². The zero-order valence-corrected chi connectivity index (χ0v) is 10.4. The number of rotatable bonds is 4. The lowest BCUT2D eigenvalue weighted by atomic mass is 10.1. The maximum atomic E-state index is 11.9. The number of nitrogens with zero attached hydrogens (tertiary/aromatic N) is 1. The average Bonchev–Trinajstić information content (AvgIpc) is 2.40. The van der Waals surface area contributed by atoms with Gasteiger partial charge >= 0.3 is 5.97 Å². The van der Waals surface area contributed by atoms with Gasteiger partial charge in [0, 0.05) is 12.6 Å². The molecule has 0 aliphatic carbocycles. The number of hydrogen-bond donors (Lipinski definition) is 1. The molecule has 1 fully saturated rings. The number of carboxylic acids is 1. The maximum Gasteiger partial charge on any atom is 0.320 e. The van der Waals surface area contributed by atoms with Crippen molar-refractivity contribution in [3.8, 4) is 0 Å². The first-order valence-electron chi connectivity index (χ1n) is 5.68. The van der Waals surface area contributed by atoms with E-state index in [1.54, 1.807) is 0 Å². The molecule has 0 radical (unpaired) electrons. The summed E-state index contributed by atoms with van der Waals surface area (Å²) in [4.78, 5) is 10.5. The van der Waals surface area contributed by atoms with E-state index in [1.807, 2.05) is 6.92 Å². The molecule has 1 heterocycles. The molecule has 0 saturated carbocycles. The summed E-state index contributed by atoms with van der Waals surface area (Å²) in [7, 11) is -3.63. The van der Waals surface area contributed by atoms with E-state index in [0.29, 0.717) is 6.54 Å². The monoisotopic (exact) mass is 249 g/mol. The van der Waals surface area contributed by atoms with Crippen LogP contribution in [0.2, 0.25) is 0 Å². The Balaban J connectivity index is 2.84. The number of aliphatic carboxylic acids is 1. The summed E-state index contributed by atoms with van der Waals surface area (Å²) in [5, 5.41) is 8.60. The Morgan fingerprint density at radius 3 is 2.62 bits per heavy atom. The molecule has 0 aromatic rings. The van der Waals surface area contributed by atoms with Crippen molar-refractivity contribution in [1.82, 2.24) is 4.31 Å². The van der Waals surface area contributed by atoms with Gasteiger partial charge in [0.1, 0.15) is 0 Å². The number of carboxylic acid groups (broad SMARTS) is 1. The van der Waals surface area contributed by atoms with Crippen molar-refractivity contribution in [2.24, 2.45) is 0 Å². The fraction of sp³-hybridized carbons (Fsp3) is 0.900. The number of hydrogen-bond acceptors (Lipinski definition) is 3. The van der Waals surface area contributed by atoms with Crippen LogP contribution in [0.4, 0.5) is 0 Å². The third-order valence-corrected chi connectivity index (χ3v) is 4.76. The lowest BCUT2D eigenvalue weighted by Gasteiger charge is -2.27. The zero-order chi connectivity index (χ0) is 12.2. The number of sulfonamides is 1. The summed E-state index contributed by atoms with van der Waals surface area (Å²) in [5.74, 6) is -2.07. The summed E-state index contributed by atoms with van der Waals surface area (Å²) in [6, 6.07) is -0.0214. The Labute approximate surface area is 96.5 Å². The first kappa shape index (κ1) is 13.4. The molecule has 1 aliphatic heterocycles. The largest absolute Gasteiger partial charge is 0.480 e. The minimum atomic E-state index is -3.63. The molecule has 0 amide bonds. The summed E-state index contributed by atoms with van der Waals surface area (Å²) < 4.78 is 25.1. The lowest BCUT2D eigenvalue weighted by molar-refractivity contribution is -0.134. The minimum Gasteiger partial charge on any atom is -0.480 e. The second-order valence-corrected chi connectivity index (χ2v) is 6.09. The maximum absolute atomic E-state index is 11.9. The van der Waals surface area contributed by atoms with E-state index >= 15 is 0 Å². The van der Waals surface area contributed by atoms with Crippen LogP contribution >= 0.6 is 0 Å². The van der Waals surface area contributed by atoms with Crippen molar-refractivity contribution in [3.05, 3.63) is 0 Å². The molecule has 1 atom stereocenters. The van der Waals surface area contributed by atoms with Crippen molar-refractivity contribution in [1.29, 1.82) is 0 Å². The van der Waals surface area contributed by atoms with Gasteiger partial charge in [0.15, 0.2) is 5.75 Å². The molecule has 5 nitrogen and oxygen atoms in total. The molecule has 16 heavy (non-hydrogen) atoms. The van der Waals surface area contributed by atoms with Gasteiger partial charge in [0.2, 0.25) is 10.0 Å². The van der Waals surface area contributed by atoms with E-state index in [9.17, 15) is 13.2 Å². The van der Waals surface area contributed by atoms with Crippen molar-refractivity contribution in [3.63, 3.8) is 0 Å². The second kappa shape index (κ2) is 5.63. The van der Waals surface area contributed by atoms with Gasteiger partial charge in [0.25, 0.3) is 0 Å². The van der Waals surface area contributed by atoms with Crippen LogP contribution in [0.3, 0.4) is 0 Å². The molecule has 0 aromatic carbocycles. The van der Waals surface area contributed by atoms with Crippen LogP contribution in [0.5, 0.6) is 0 Å². The minimum absolute atomic E-state index is 0.0214. The Morgan fingerprint density at radius 1 is 1.38 bits per heavy atom. The van der Waals surface area contributed by atoms with Gasteiger partial charge < -0.3 is 5.11 Å². The molecule has 0 aromatic heterocycles. The van der Waals surface area contributed by atoms with Crippen molar-refractivity contribution >= 4 is 16.0 Å². The smallest absolute Gasteiger partial charge is 0.320 e. The lowest BCUT2D eigenvalue weighted by Crippen LogP contribution is -2.42. The van der Waals surface area contributed by atoms with Crippen molar-refractivity contribution in [2.45, 2.75) is 45.1 Å². The highest BCUT2D eigenvalue weighted by molar-refractivity contribution is 7.89. The molecule has 1 aliphatic rings. The standard InChI is InChI=1S/C10H19NO4S/c1-2-9-6-4-3-5-7-11(9)16(14,15)8-10(12)13/h9H,2-8H2,1H3,(H,12,13). The molecule has 1 unspecified atom stereocenters. The molecule has 94 valence electrons. The summed E-state index contributed by atoms with van der Waals surface area (Å²) >= 11 is 0. The third-order valence-electron chi connectivity index (χ3n) is 2.96. The normalized spacial score (nSPS) is 23.9. The third kappa shape index (κ3) is 3.45. The Kier molecular flexibility index (Phi) is 4.73. The van der Waals surface area contributed by atoms with Gasteiger partial charge in [-0.2, -0.15) is 4.31 Å². The fourth-order valence-electron chi connectivity index (χ4n) is 2.16. The fourth-order valence-corrected chi connectivity index (χ4v) is 3.76. The highest BCUT2D eigenvalue weighted by Gasteiger charge is 2.31. The van der Waals surface area contributed by atoms with Crippen LogP contribution < -0.4 is 0 Å². The highest BCUT2D eigenvalue weighted by Crippen LogP contribution is 2.22. The summed E-state index contributed by atoms with van der Waals surface area (Å²) in [6.45, 7) is 2.41. The van der Waals surface area contributed by atoms with Gasteiger partial charge in [-0.15, -0.1) is 0 Å². The van der Waals surface area contributed by atoms with E-state index in [1.165, 1.54) is 4.31 Å². The number of carbonyl (C=O) groups is 1. The first-order valence-corrected chi connectivity index (χ1v) is 7.29. The van der Waals surface area contributed by atoms with Crippen LogP contribution in [0.1, 0.15) is 39.0 Å². The second-order valence-electron chi connectivity index (χ2n) is 4.17. The van der Waals surface area contributed by atoms with E-state index in [2.05, 4.69) is 0 Å². The van der Waals surface area contributed by atoms with Crippen LogP contribution in [-0.2, 0) is 14.8 Å². The van der Waals surface area contributed by atoms with E-state index in [0.717, 1.165) is 32.1 Å². The zero-order valence-electron chi connectivity index (χ0n) is 9.55. The Bertz CT molecular complexity index is 339. The molecule has 0 bridgehead atoms. The Morgan fingerprint density at radius 2 is 2.06 bits per heavy atom.